The predicted octanol–water partition coefficient (Wildman–Crippen LogP) is 3.19. The number of amides is 2. The van der Waals surface area contributed by atoms with E-state index in [0.717, 1.165) is 29.5 Å². The zero-order valence-electron chi connectivity index (χ0n) is 20.8. The fourth-order valence-electron chi connectivity index (χ4n) is 3.92. The van der Waals surface area contributed by atoms with Gasteiger partial charge in [0.15, 0.2) is 0 Å². The SMILES string of the molecule is C[C@@H](C(=O)NCc1cccnc1)N(Cc1ccccc1)C(=O)CCc1ccc(S(=O)(=O)NC2CC2)cc1. The first-order chi connectivity index (χ1) is 17.8. The van der Waals surface area contributed by atoms with E-state index < -0.39 is 16.1 Å². The lowest BCUT2D eigenvalue weighted by atomic mass is 10.1. The number of carbonyl (C=O) groups is 2. The average molecular weight is 521 g/mol. The maximum atomic E-state index is 13.3. The molecular formula is C28H32N4O4S. The summed E-state index contributed by atoms with van der Waals surface area (Å²) < 4.78 is 27.5. The van der Waals surface area contributed by atoms with Crippen molar-refractivity contribution in [3.05, 3.63) is 95.8 Å². The van der Waals surface area contributed by atoms with Crippen molar-refractivity contribution in [2.45, 2.75) is 62.7 Å². The van der Waals surface area contributed by atoms with Crippen molar-refractivity contribution in [1.29, 1.82) is 0 Å². The minimum absolute atomic E-state index is 0.0430. The van der Waals surface area contributed by atoms with Crippen LogP contribution in [0.3, 0.4) is 0 Å². The first-order valence-electron chi connectivity index (χ1n) is 12.4. The van der Waals surface area contributed by atoms with Crippen molar-refractivity contribution in [2.24, 2.45) is 0 Å². The molecule has 2 aromatic carbocycles. The Balaban J connectivity index is 1.39. The summed E-state index contributed by atoms with van der Waals surface area (Å²) in [6.45, 7) is 2.37. The number of hydrogen-bond acceptors (Lipinski definition) is 5. The molecule has 0 unspecified atom stereocenters. The average Bonchev–Trinajstić information content (AvgIpc) is 3.73. The first kappa shape index (κ1) is 26.5. The number of sulfonamides is 1. The Morgan fingerprint density at radius 1 is 0.973 bits per heavy atom. The maximum Gasteiger partial charge on any atom is 0.242 e. The van der Waals surface area contributed by atoms with Crippen LogP contribution in [0.5, 0.6) is 0 Å². The van der Waals surface area contributed by atoms with E-state index in [4.69, 9.17) is 0 Å². The molecule has 2 N–H and O–H groups in total. The van der Waals surface area contributed by atoms with Gasteiger partial charge < -0.3 is 10.2 Å². The molecule has 1 aliphatic rings. The van der Waals surface area contributed by atoms with E-state index in [2.05, 4.69) is 15.0 Å². The minimum atomic E-state index is -3.51. The van der Waals surface area contributed by atoms with Gasteiger partial charge in [-0.3, -0.25) is 14.6 Å². The quantitative estimate of drug-likeness (QED) is 0.381. The van der Waals surface area contributed by atoms with E-state index in [-0.39, 0.29) is 29.2 Å². The second-order valence-corrected chi connectivity index (χ2v) is 11.0. The first-order valence-corrected chi connectivity index (χ1v) is 13.9. The summed E-state index contributed by atoms with van der Waals surface area (Å²) in [5, 5.41) is 2.90. The van der Waals surface area contributed by atoms with E-state index in [1.54, 1.807) is 48.5 Å². The van der Waals surface area contributed by atoms with Crippen LogP contribution >= 0.6 is 0 Å². The van der Waals surface area contributed by atoms with Gasteiger partial charge in [0.1, 0.15) is 6.04 Å². The van der Waals surface area contributed by atoms with Crippen LogP contribution in [0.15, 0.2) is 84.0 Å². The molecule has 2 amide bonds. The molecule has 0 spiro atoms. The highest BCUT2D eigenvalue weighted by molar-refractivity contribution is 7.89. The summed E-state index contributed by atoms with van der Waals surface area (Å²) in [5.74, 6) is -0.397. The Kier molecular flexibility index (Phi) is 8.68. The molecular weight excluding hydrogens is 488 g/mol. The number of aromatic nitrogens is 1. The molecule has 3 aromatic rings. The molecule has 0 aliphatic heterocycles. The highest BCUT2D eigenvalue weighted by atomic mass is 32.2. The van der Waals surface area contributed by atoms with Crippen molar-refractivity contribution in [3.8, 4) is 0 Å². The largest absolute Gasteiger partial charge is 0.350 e. The number of hydrogen-bond donors (Lipinski definition) is 2. The van der Waals surface area contributed by atoms with Gasteiger partial charge in [0.05, 0.1) is 4.90 Å². The fourth-order valence-corrected chi connectivity index (χ4v) is 5.23. The van der Waals surface area contributed by atoms with E-state index in [1.807, 2.05) is 42.5 Å². The molecule has 1 atom stereocenters. The summed E-state index contributed by atoms with van der Waals surface area (Å²) in [4.78, 5) is 32.1. The normalized spacial score (nSPS) is 14.1. The van der Waals surface area contributed by atoms with E-state index in [1.165, 1.54) is 0 Å². The van der Waals surface area contributed by atoms with E-state index in [0.29, 0.717) is 19.5 Å². The van der Waals surface area contributed by atoms with Crippen LogP contribution in [0.25, 0.3) is 0 Å². The molecule has 0 bridgehead atoms. The Labute approximate surface area is 218 Å². The monoisotopic (exact) mass is 520 g/mol. The topological polar surface area (TPSA) is 108 Å². The number of nitrogens with one attached hydrogen (secondary N) is 2. The summed E-state index contributed by atoms with van der Waals surface area (Å²) in [6.07, 6.45) is 5.74. The van der Waals surface area contributed by atoms with Gasteiger partial charge in [0.25, 0.3) is 0 Å². The Morgan fingerprint density at radius 3 is 2.32 bits per heavy atom. The molecule has 4 rings (SSSR count). The highest BCUT2D eigenvalue weighted by Crippen LogP contribution is 2.22. The lowest BCUT2D eigenvalue weighted by Gasteiger charge is -2.29. The van der Waals surface area contributed by atoms with Crippen LogP contribution in [0.1, 0.15) is 42.9 Å². The van der Waals surface area contributed by atoms with Crippen molar-refractivity contribution in [1.82, 2.24) is 19.9 Å². The van der Waals surface area contributed by atoms with Gasteiger partial charge in [0.2, 0.25) is 21.8 Å². The number of carbonyl (C=O) groups excluding carboxylic acids is 2. The third-order valence-electron chi connectivity index (χ3n) is 6.31. The summed E-state index contributed by atoms with van der Waals surface area (Å²) in [7, 11) is -3.51. The molecule has 9 heteroatoms. The smallest absolute Gasteiger partial charge is 0.242 e. The van der Waals surface area contributed by atoms with Gasteiger partial charge >= 0.3 is 0 Å². The van der Waals surface area contributed by atoms with E-state index >= 15 is 0 Å². The van der Waals surface area contributed by atoms with Crippen molar-refractivity contribution in [3.63, 3.8) is 0 Å². The van der Waals surface area contributed by atoms with Crippen LogP contribution in [0, 0.1) is 0 Å². The third-order valence-corrected chi connectivity index (χ3v) is 7.85. The number of pyridine rings is 1. The molecule has 1 saturated carbocycles. The van der Waals surface area contributed by atoms with Gasteiger partial charge in [-0.25, -0.2) is 13.1 Å². The van der Waals surface area contributed by atoms with Crippen LogP contribution in [-0.4, -0.2) is 42.2 Å². The third kappa shape index (κ3) is 7.71. The van der Waals surface area contributed by atoms with Crippen molar-refractivity contribution >= 4 is 21.8 Å². The molecule has 1 aromatic heterocycles. The predicted molar refractivity (Wildman–Crippen MR) is 141 cm³/mol. The molecule has 1 fully saturated rings. The number of nitrogens with zero attached hydrogens (tertiary/aromatic N) is 2. The van der Waals surface area contributed by atoms with Crippen molar-refractivity contribution < 1.29 is 18.0 Å². The van der Waals surface area contributed by atoms with Gasteiger partial charge in [-0.2, -0.15) is 0 Å². The number of aryl methyl sites for hydroxylation is 1. The minimum Gasteiger partial charge on any atom is -0.350 e. The number of benzene rings is 2. The van der Waals surface area contributed by atoms with Gasteiger partial charge in [-0.15, -0.1) is 0 Å². The Hall–Kier alpha value is -3.56. The second-order valence-electron chi connectivity index (χ2n) is 9.30. The van der Waals surface area contributed by atoms with Gasteiger partial charge in [0, 0.05) is 37.9 Å². The Bertz CT molecular complexity index is 1300. The highest BCUT2D eigenvalue weighted by Gasteiger charge is 2.28. The van der Waals surface area contributed by atoms with Crippen LogP contribution in [0.2, 0.25) is 0 Å². The molecule has 37 heavy (non-hydrogen) atoms. The lowest BCUT2D eigenvalue weighted by Crippen LogP contribution is -2.47. The second kappa shape index (κ2) is 12.1. The van der Waals surface area contributed by atoms with Gasteiger partial charge in [-0.05, 0) is 61.1 Å². The molecule has 1 heterocycles. The molecule has 1 aliphatic carbocycles. The summed E-state index contributed by atoms with van der Waals surface area (Å²) >= 11 is 0. The van der Waals surface area contributed by atoms with Crippen LogP contribution in [-0.2, 0) is 39.1 Å². The standard InChI is InChI=1S/C28H32N4O4S/c1-21(28(34)30-19-24-8-5-17-29-18-24)32(20-23-6-3-2-4-7-23)27(33)16-11-22-9-14-26(15-10-22)37(35,36)31-25-12-13-25/h2-10,14-15,17-18,21,25,31H,11-13,16,19-20H2,1H3,(H,30,34)/t21-/m0/s1. The van der Waals surface area contributed by atoms with Gasteiger partial charge in [-0.1, -0.05) is 48.5 Å². The van der Waals surface area contributed by atoms with E-state index in [9.17, 15) is 18.0 Å². The lowest BCUT2D eigenvalue weighted by molar-refractivity contribution is -0.140. The maximum absolute atomic E-state index is 13.3. The van der Waals surface area contributed by atoms with Crippen LogP contribution in [0.4, 0.5) is 0 Å². The fraction of sp³-hybridized carbons (Fsp3) is 0.321. The molecule has 194 valence electrons. The van der Waals surface area contributed by atoms with Crippen molar-refractivity contribution in [2.75, 3.05) is 0 Å². The zero-order chi connectivity index (χ0) is 26.3. The molecule has 0 saturated heterocycles. The summed E-state index contributed by atoms with van der Waals surface area (Å²) in [5.41, 5.74) is 2.66. The van der Waals surface area contributed by atoms with Crippen LogP contribution < -0.4 is 10.0 Å². The Morgan fingerprint density at radius 2 is 1.68 bits per heavy atom. The molecule has 0 radical (unpaired) electrons. The summed E-state index contributed by atoms with van der Waals surface area (Å²) in [6, 6.07) is 19.2. The zero-order valence-corrected chi connectivity index (χ0v) is 21.7. The number of rotatable bonds is 12. The molecule has 8 nitrogen and oxygen atoms in total.